The number of aliphatic hydroxyl groups excluding tert-OH is 1. The number of thiophene rings is 1. The molecule has 0 aliphatic carbocycles. The normalized spacial score (nSPS) is 13.0. The minimum Gasteiger partial charge on any atom is -0.485 e. The van der Waals surface area contributed by atoms with Crippen LogP contribution in [0.5, 0.6) is 11.5 Å². The summed E-state index contributed by atoms with van der Waals surface area (Å²) in [6.07, 6.45) is 0. The summed E-state index contributed by atoms with van der Waals surface area (Å²) in [6, 6.07) is 1.74. The van der Waals surface area contributed by atoms with E-state index in [1.54, 1.807) is 5.38 Å². The Morgan fingerprint density at radius 1 is 1.26 bits per heavy atom. The van der Waals surface area contributed by atoms with Crippen molar-refractivity contribution in [3.8, 4) is 22.2 Å². The highest BCUT2D eigenvalue weighted by Crippen LogP contribution is 2.44. The molecule has 3 aromatic rings. The third kappa shape index (κ3) is 3.26. The number of benzene rings is 1. The highest BCUT2D eigenvalue weighted by Gasteiger charge is 2.23. The van der Waals surface area contributed by atoms with Crippen LogP contribution in [0.4, 0.5) is 8.78 Å². The van der Waals surface area contributed by atoms with E-state index in [4.69, 9.17) is 14.6 Å². The molecule has 3 heterocycles. The molecule has 1 N–H and O–H groups in total. The molecule has 0 saturated carbocycles. The Balaban J connectivity index is 1.60. The van der Waals surface area contributed by atoms with Gasteiger partial charge in [0.15, 0.2) is 17.3 Å². The van der Waals surface area contributed by atoms with Gasteiger partial charge >= 0.3 is 0 Å². The second-order valence-electron chi connectivity index (χ2n) is 5.60. The summed E-state index contributed by atoms with van der Waals surface area (Å²) in [5.41, 5.74) is -0.563. The third-order valence-corrected chi connectivity index (χ3v) is 4.80. The van der Waals surface area contributed by atoms with Gasteiger partial charge in [0.05, 0.1) is 6.54 Å². The summed E-state index contributed by atoms with van der Waals surface area (Å²) in [6.45, 7) is -0.289. The standard InChI is InChI=1S/C16H12F2N4O4S/c17-10-3-8(12(24)6-23)4-11(18)9(10)5-22-20-16(19-21-22)15-14-13(7-27-15)25-1-2-26-14/h3-4,7,23H,1-2,5-6H2. The molecule has 1 aromatic carbocycles. The number of aliphatic hydroxyl groups is 1. The molecule has 140 valence electrons. The monoisotopic (exact) mass is 394 g/mol. The lowest BCUT2D eigenvalue weighted by molar-refractivity contribution is 0.0902. The van der Waals surface area contributed by atoms with Gasteiger partial charge < -0.3 is 14.6 Å². The van der Waals surface area contributed by atoms with Crippen molar-refractivity contribution < 1.29 is 28.2 Å². The van der Waals surface area contributed by atoms with Crippen molar-refractivity contribution in [1.29, 1.82) is 0 Å². The molecule has 8 nitrogen and oxygen atoms in total. The number of halogens is 2. The van der Waals surface area contributed by atoms with Crippen molar-refractivity contribution in [3.05, 3.63) is 40.3 Å². The number of carbonyl (C=O) groups excluding carboxylic acids is 1. The number of ketones is 1. The molecule has 2 aromatic heterocycles. The number of nitrogens with zero attached hydrogens (tertiary/aromatic N) is 4. The summed E-state index contributed by atoms with van der Waals surface area (Å²) in [4.78, 5) is 13.0. The van der Waals surface area contributed by atoms with E-state index in [2.05, 4.69) is 15.4 Å². The van der Waals surface area contributed by atoms with Gasteiger partial charge in [0.1, 0.15) is 36.3 Å². The molecule has 4 rings (SSSR count). The van der Waals surface area contributed by atoms with E-state index < -0.39 is 24.0 Å². The molecule has 27 heavy (non-hydrogen) atoms. The topological polar surface area (TPSA) is 99.4 Å². The summed E-state index contributed by atoms with van der Waals surface area (Å²) in [5, 5.41) is 22.4. The van der Waals surface area contributed by atoms with E-state index in [0.29, 0.717) is 29.6 Å². The predicted octanol–water partition coefficient (Wildman–Crippen LogP) is 1.67. The Morgan fingerprint density at radius 3 is 2.74 bits per heavy atom. The maximum absolute atomic E-state index is 14.2. The first-order chi connectivity index (χ1) is 13.1. The molecule has 0 atom stereocenters. The molecule has 0 unspecified atom stereocenters. The van der Waals surface area contributed by atoms with Gasteiger partial charge in [0.2, 0.25) is 5.82 Å². The van der Waals surface area contributed by atoms with Crippen LogP contribution in [-0.4, -0.2) is 50.9 Å². The fraction of sp³-hybridized carbons (Fsp3) is 0.250. The first-order valence-electron chi connectivity index (χ1n) is 7.84. The van der Waals surface area contributed by atoms with E-state index in [0.717, 1.165) is 16.9 Å². The fourth-order valence-corrected chi connectivity index (χ4v) is 3.42. The number of fused-ring (bicyclic) bond motifs is 1. The summed E-state index contributed by atoms with van der Waals surface area (Å²) in [7, 11) is 0. The summed E-state index contributed by atoms with van der Waals surface area (Å²) < 4.78 is 39.4. The number of Topliss-reactive ketones (excluding diaryl/α,β-unsaturated/α-hetero) is 1. The van der Waals surface area contributed by atoms with Crippen molar-refractivity contribution in [2.75, 3.05) is 19.8 Å². The zero-order valence-electron chi connectivity index (χ0n) is 13.7. The van der Waals surface area contributed by atoms with Crippen LogP contribution in [0, 0.1) is 11.6 Å². The smallest absolute Gasteiger partial charge is 0.218 e. The lowest BCUT2D eigenvalue weighted by atomic mass is 10.1. The van der Waals surface area contributed by atoms with Gasteiger partial charge in [0.25, 0.3) is 0 Å². The quantitative estimate of drug-likeness (QED) is 0.657. The summed E-state index contributed by atoms with van der Waals surface area (Å²) in [5.74, 6) is -1.27. The second-order valence-corrected chi connectivity index (χ2v) is 6.48. The van der Waals surface area contributed by atoms with Crippen LogP contribution in [0.25, 0.3) is 10.7 Å². The van der Waals surface area contributed by atoms with Gasteiger partial charge in [-0.05, 0) is 17.3 Å². The number of tetrazole rings is 1. The molecule has 11 heteroatoms. The summed E-state index contributed by atoms with van der Waals surface area (Å²) >= 11 is 1.31. The Hall–Kier alpha value is -2.92. The minimum atomic E-state index is -0.934. The van der Waals surface area contributed by atoms with Crippen LogP contribution in [0.15, 0.2) is 17.5 Å². The molecule has 0 radical (unpaired) electrons. The first kappa shape index (κ1) is 17.5. The number of hydrogen-bond acceptors (Lipinski definition) is 8. The zero-order chi connectivity index (χ0) is 19.0. The lowest BCUT2D eigenvalue weighted by Gasteiger charge is -2.15. The largest absolute Gasteiger partial charge is 0.485 e. The maximum atomic E-state index is 14.2. The van der Waals surface area contributed by atoms with E-state index in [1.165, 1.54) is 11.3 Å². The fourth-order valence-electron chi connectivity index (χ4n) is 2.57. The van der Waals surface area contributed by atoms with Crippen LogP contribution >= 0.6 is 11.3 Å². The van der Waals surface area contributed by atoms with Crippen molar-refractivity contribution >= 4 is 17.1 Å². The number of rotatable bonds is 5. The lowest BCUT2D eigenvalue weighted by Crippen LogP contribution is -2.14. The molecule has 0 amide bonds. The molecular weight excluding hydrogens is 382 g/mol. The van der Waals surface area contributed by atoms with E-state index in [9.17, 15) is 13.6 Å². The molecular formula is C16H12F2N4O4S. The van der Waals surface area contributed by atoms with Gasteiger partial charge in [0, 0.05) is 16.5 Å². The average molecular weight is 394 g/mol. The van der Waals surface area contributed by atoms with E-state index in [-0.39, 0.29) is 23.5 Å². The number of ether oxygens (including phenoxy) is 2. The maximum Gasteiger partial charge on any atom is 0.218 e. The van der Waals surface area contributed by atoms with Gasteiger partial charge in [-0.3, -0.25) is 4.79 Å². The zero-order valence-corrected chi connectivity index (χ0v) is 14.5. The third-order valence-electron chi connectivity index (χ3n) is 3.86. The highest BCUT2D eigenvalue weighted by atomic mass is 32.1. The van der Waals surface area contributed by atoms with Gasteiger partial charge in [-0.1, -0.05) is 0 Å². The number of aromatic nitrogens is 4. The van der Waals surface area contributed by atoms with Crippen molar-refractivity contribution in [2.24, 2.45) is 0 Å². The first-order valence-corrected chi connectivity index (χ1v) is 8.72. The Bertz CT molecular complexity index is 997. The molecule has 0 fully saturated rings. The van der Waals surface area contributed by atoms with Crippen LogP contribution in [-0.2, 0) is 6.54 Å². The Kier molecular flexibility index (Phi) is 4.54. The molecule has 0 bridgehead atoms. The predicted molar refractivity (Wildman–Crippen MR) is 89.0 cm³/mol. The Morgan fingerprint density at radius 2 is 2.00 bits per heavy atom. The van der Waals surface area contributed by atoms with Crippen molar-refractivity contribution in [1.82, 2.24) is 20.2 Å². The molecule has 0 saturated heterocycles. The van der Waals surface area contributed by atoms with Crippen LogP contribution < -0.4 is 9.47 Å². The molecule has 1 aliphatic heterocycles. The molecule has 1 aliphatic rings. The van der Waals surface area contributed by atoms with Gasteiger partial charge in [-0.25, -0.2) is 8.78 Å². The molecule has 0 spiro atoms. The van der Waals surface area contributed by atoms with Gasteiger partial charge in [-0.2, -0.15) is 4.80 Å². The van der Waals surface area contributed by atoms with Crippen LogP contribution in [0.3, 0.4) is 0 Å². The van der Waals surface area contributed by atoms with Crippen molar-refractivity contribution in [2.45, 2.75) is 6.54 Å². The number of hydrogen-bond donors (Lipinski definition) is 1. The number of carbonyl (C=O) groups is 1. The minimum absolute atomic E-state index is 0.245. The van der Waals surface area contributed by atoms with Gasteiger partial charge in [-0.15, -0.1) is 21.5 Å². The van der Waals surface area contributed by atoms with Crippen LogP contribution in [0.2, 0.25) is 0 Å². The van der Waals surface area contributed by atoms with E-state index in [1.807, 2.05) is 0 Å². The van der Waals surface area contributed by atoms with E-state index >= 15 is 0 Å². The van der Waals surface area contributed by atoms with Crippen LogP contribution in [0.1, 0.15) is 15.9 Å². The Labute approximate surface area is 155 Å². The average Bonchev–Trinajstić information content (AvgIpc) is 3.30. The SMILES string of the molecule is O=C(CO)c1cc(F)c(Cn2nnc(-c3scc4c3OCCO4)n2)c(F)c1. The second kappa shape index (κ2) is 7.00. The van der Waals surface area contributed by atoms with Crippen molar-refractivity contribution in [3.63, 3.8) is 0 Å². The highest BCUT2D eigenvalue weighted by molar-refractivity contribution is 7.14.